The fourth-order valence-electron chi connectivity index (χ4n) is 3.12. The maximum atomic E-state index is 9.11. The minimum absolute atomic E-state index is 0.233. The van der Waals surface area contributed by atoms with E-state index in [0.717, 1.165) is 49.8 Å². The van der Waals surface area contributed by atoms with Gasteiger partial charge in [0.25, 0.3) is 0 Å². The number of aliphatic imine (C=N–C) groups is 1. The van der Waals surface area contributed by atoms with Crippen molar-refractivity contribution in [1.29, 1.82) is 0 Å². The maximum Gasteiger partial charge on any atom is 0.197 e. The van der Waals surface area contributed by atoms with Crippen LogP contribution in [0.5, 0.6) is 0 Å². The predicted octanol–water partition coefficient (Wildman–Crippen LogP) is 1.33. The first-order valence-corrected chi connectivity index (χ1v) is 9.77. The van der Waals surface area contributed by atoms with Crippen LogP contribution in [0.15, 0.2) is 59.6 Å². The number of thiocarbonyl (C=S) groups is 1. The van der Waals surface area contributed by atoms with Crippen LogP contribution in [0, 0.1) is 6.92 Å². The molecule has 2 aromatic rings. The number of hydrogen-bond acceptors (Lipinski definition) is 2. The van der Waals surface area contributed by atoms with Gasteiger partial charge in [-0.25, -0.2) is 4.99 Å². The Morgan fingerprint density at radius 3 is 2.41 bits per heavy atom. The molecule has 0 spiro atoms. The van der Waals surface area contributed by atoms with Crippen LogP contribution in [-0.2, 0) is 0 Å². The first-order valence-electron chi connectivity index (χ1n) is 9.37. The second-order valence-corrected chi connectivity index (χ2v) is 7.18. The molecule has 1 saturated heterocycles. The number of aryl methyl sites for hydroxylation is 1. The standard InChI is InChI=1S/C21H26N4OS/c1-17-7-9-18(10-8-17)20(22-19-5-3-2-4-6-19)23-21(27)25-13-11-24(12-14-25)15-16-26/h2-10,26H,11-16H2,1H3,(H,22,23,27)/p+1. The Morgan fingerprint density at radius 1 is 1.11 bits per heavy atom. The number of piperazine rings is 1. The number of aliphatic hydroxyl groups excluding tert-OH is 1. The van der Waals surface area contributed by atoms with Gasteiger partial charge in [-0.05, 0) is 31.3 Å². The Kier molecular flexibility index (Phi) is 6.92. The fourth-order valence-corrected chi connectivity index (χ4v) is 3.40. The van der Waals surface area contributed by atoms with Gasteiger partial charge in [0.1, 0.15) is 12.4 Å². The van der Waals surface area contributed by atoms with Crippen molar-refractivity contribution < 1.29 is 10.0 Å². The van der Waals surface area contributed by atoms with Gasteiger partial charge >= 0.3 is 0 Å². The molecule has 5 nitrogen and oxygen atoms in total. The largest absolute Gasteiger partial charge is 0.391 e. The maximum absolute atomic E-state index is 9.11. The molecule has 0 aromatic heterocycles. The molecule has 3 rings (SSSR count). The summed E-state index contributed by atoms with van der Waals surface area (Å²) < 4.78 is 0. The zero-order valence-corrected chi connectivity index (χ0v) is 16.5. The van der Waals surface area contributed by atoms with E-state index in [0.29, 0.717) is 5.11 Å². The molecule has 3 N–H and O–H groups in total. The van der Waals surface area contributed by atoms with E-state index in [9.17, 15) is 0 Å². The van der Waals surface area contributed by atoms with E-state index in [-0.39, 0.29) is 6.61 Å². The van der Waals surface area contributed by atoms with Crippen LogP contribution in [0.1, 0.15) is 11.1 Å². The van der Waals surface area contributed by atoms with Gasteiger partial charge in [0, 0.05) is 11.3 Å². The van der Waals surface area contributed by atoms with Crippen molar-refractivity contribution in [3.8, 4) is 0 Å². The quantitative estimate of drug-likeness (QED) is 0.424. The van der Waals surface area contributed by atoms with Gasteiger partial charge in [0.05, 0.1) is 32.8 Å². The average molecular weight is 384 g/mol. The van der Waals surface area contributed by atoms with E-state index in [1.807, 2.05) is 30.3 Å². The third kappa shape index (κ3) is 5.60. The van der Waals surface area contributed by atoms with Crippen LogP contribution < -0.4 is 10.2 Å². The van der Waals surface area contributed by atoms with Crippen molar-refractivity contribution in [3.05, 3.63) is 65.7 Å². The fraction of sp³-hybridized carbons (Fsp3) is 0.333. The van der Waals surface area contributed by atoms with Gasteiger partial charge in [0.2, 0.25) is 0 Å². The first kappa shape index (κ1) is 19.5. The molecule has 0 unspecified atom stereocenters. The predicted molar refractivity (Wildman–Crippen MR) is 115 cm³/mol. The van der Waals surface area contributed by atoms with Crippen LogP contribution in [0.25, 0.3) is 0 Å². The third-order valence-corrected chi connectivity index (χ3v) is 5.12. The van der Waals surface area contributed by atoms with Crippen LogP contribution in [0.3, 0.4) is 0 Å². The van der Waals surface area contributed by atoms with Crippen molar-refractivity contribution in [2.24, 2.45) is 4.99 Å². The van der Waals surface area contributed by atoms with Crippen molar-refractivity contribution in [3.63, 3.8) is 0 Å². The molecule has 0 saturated carbocycles. The van der Waals surface area contributed by atoms with Gasteiger partial charge < -0.3 is 20.2 Å². The summed E-state index contributed by atoms with van der Waals surface area (Å²) in [4.78, 5) is 8.34. The number of para-hydroxylation sites is 1. The molecular weight excluding hydrogens is 356 g/mol. The molecule has 6 heteroatoms. The molecule has 142 valence electrons. The summed E-state index contributed by atoms with van der Waals surface area (Å²) in [6, 6.07) is 18.3. The second kappa shape index (κ2) is 9.60. The topological polar surface area (TPSA) is 52.3 Å². The Bertz CT molecular complexity index is 769. The number of benzene rings is 2. The van der Waals surface area contributed by atoms with Gasteiger partial charge in [-0.1, -0.05) is 48.0 Å². The lowest BCUT2D eigenvalue weighted by Gasteiger charge is -2.32. The summed E-state index contributed by atoms with van der Waals surface area (Å²) in [6.07, 6.45) is 0. The van der Waals surface area contributed by atoms with E-state index in [2.05, 4.69) is 41.4 Å². The van der Waals surface area contributed by atoms with Crippen molar-refractivity contribution in [2.75, 3.05) is 44.6 Å². The van der Waals surface area contributed by atoms with Crippen LogP contribution in [-0.4, -0.2) is 60.3 Å². The van der Waals surface area contributed by atoms with E-state index in [1.165, 1.54) is 10.5 Å². The number of anilines is 1. The van der Waals surface area contributed by atoms with E-state index in [4.69, 9.17) is 22.3 Å². The SMILES string of the molecule is Cc1ccc(C(=NC(=S)N2CC[NH+](CCO)CC2)Nc2ccccc2)cc1. The van der Waals surface area contributed by atoms with Crippen molar-refractivity contribution >= 4 is 28.9 Å². The van der Waals surface area contributed by atoms with Crippen molar-refractivity contribution in [1.82, 2.24) is 4.90 Å². The van der Waals surface area contributed by atoms with E-state index >= 15 is 0 Å². The molecule has 1 heterocycles. The Hall–Kier alpha value is -2.28. The lowest BCUT2D eigenvalue weighted by Crippen LogP contribution is -3.15. The highest BCUT2D eigenvalue weighted by atomic mass is 32.1. The number of rotatable bonds is 4. The van der Waals surface area contributed by atoms with Gasteiger partial charge in [-0.15, -0.1) is 0 Å². The minimum Gasteiger partial charge on any atom is -0.391 e. The molecule has 0 bridgehead atoms. The molecule has 0 atom stereocenters. The minimum atomic E-state index is 0.233. The number of nitrogens with one attached hydrogen (secondary N) is 2. The second-order valence-electron chi connectivity index (χ2n) is 6.81. The zero-order chi connectivity index (χ0) is 19.1. The Morgan fingerprint density at radius 2 is 1.78 bits per heavy atom. The summed E-state index contributed by atoms with van der Waals surface area (Å²) in [7, 11) is 0. The monoisotopic (exact) mass is 383 g/mol. The molecule has 0 aliphatic carbocycles. The summed E-state index contributed by atoms with van der Waals surface area (Å²) in [5, 5.41) is 13.1. The Balaban J connectivity index is 1.77. The first-order chi connectivity index (χ1) is 13.2. The highest BCUT2D eigenvalue weighted by Gasteiger charge is 2.21. The molecule has 0 radical (unpaired) electrons. The smallest absolute Gasteiger partial charge is 0.197 e. The summed E-state index contributed by atoms with van der Waals surface area (Å²) in [6.45, 7) is 6.79. The summed E-state index contributed by atoms with van der Waals surface area (Å²) in [5.41, 5.74) is 3.21. The number of hydrogen-bond donors (Lipinski definition) is 3. The molecule has 27 heavy (non-hydrogen) atoms. The Labute approximate surface area is 166 Å². The van der Waals surface area contributed by atoms with Crippen LogP contribution in [0.4, 0.5) is 5.69 Å². The average Bonchev–Trinajstić information content (AvgIpc) is 2.70. The summed E-state index contributed by atoms with van der Waals surface area (Å²) >= 11 is 5.64. The lowest BCUT2D eigenvalue weighted by atomic mass is 10.1. The highest BCUT2D eigenvalue weighted by molar-refractivity contribution is 7.80. The van der Waals surface area contributed by atoms with E-state index in [1.54, 1.807) is 0 Å². The number of amidine groups is 1. The van der Waals surface area contributed by atoms with Gasteiger partial charge in [0.15, 0.2) is 5.11 Å². The number of aliphatic hydroxyl groups is 1. The van der Waals surface area contributed by atoms with Crippen molar-refractivity contribution in [2.45, 2.75) is 6.92 Å². The molecular formula is C21H27N4OS+. The third-order valence-electron chi connectivity index (χ3n) is 4.78. The van der Waals surface area contributed by atoms with Crippen LogP contribution in [0.2, 0.25) is 0 Å². The van der Waals surface area contributed by atoms with Gasteiger partial charge in [-0.2, -0.15) is 0 Å². The zero-order valence-electron chi connectivity index (χ0n) is 15.7. The lowest BCUT2D eigenvalue weighted by molar-refractivity contribution is -0.904. The summed E-state index contributed by atoms with van der Waals surface area (Å²) in [5.74, 6) is 0.760. The molecule has 1 fully saturated rings. The molecule has 1 aliphatic rings. The highest BCUT2D eigenvalue weighted by Crippen LogP contribution is 2.11. The van der Waals surface area contributed by atoms with E-state index < -0.39 is 0 Å². The number of nitrogens with zero attached hydrogens (tertiary/aromatic N) is 2. The number of quaternary nitrogens is 1. The normalized spacial score (nSPS) is 15.6. The molecule has 1 aliphatic heterocycles. The van der Waals surface area contributed by atoms with Gasteiger partial charge in [-0.3, -0.25) is 0 Å². The molecule has 2 aromatic carbocycles. The van der Waals surface area contributed by atoms with Crippen LogP contribution >= 0.6 is 12.2 Å². The molecule has 0 amide bonds.